The number of rotatable bonds is 3. The number of carbonyl (C=O) groups excluding carboxylic acids is 4. The normalized spacial score (nSPS) is 13.2. The molecule has 3 amide bonds. The molecular weight excluding hydrogens is 364 g/mol. The highest BCUT2D eigenvalue weighted by atomic mass is 16.7. The first-order valence-corrected chi connectivity index (χ1v) is 8.46. The second-order valence-corrected chi connectivity index (χ2v) is 7.03. The molecule has 3 rings (SSSR count). The number of hydrogen-bond donors (Lipinski definition) is 1. The minimum Gasteiger partial charge on any atom is -0.444 e. The quantitative estimate of drug-likeness (QED) is 0.817. The van der Waals surface area contributed by atoms with Crippen LogP contribution < -0.4 is 5.32 Å². The Balaban J connectivity index is 1.65. The van der Waals surface area contributed by atoms with E-state index in [1.807, 2.05) is 0 Å². The number of imide groups is 1. The summed E-state index contributed by atoms with van der Waals surface area (Å²) >= 11 is 0. The van der Waals surface area contributed by atoms with Crippen molar-refractivity contribution >= 4 is 29.6 Å². The van der Waals surface area contributed by atoms with E-state index in [9.17, 15) is 19.2 Å². The van der Waals surface area contributed by atoms with Crippen LogP contribution in [0.15, 0.2) is 48.5 Å². The number of fused-ring (bicyclic) bond motifs is 1. The van der Waals surface area contributed by atoms with Crippen LogP contribution in [-0.2, 0) is 9.57 Å². The Morgan fingerprint density at radius 1 is 0.893 bits per heavy atom. The van der Waals surface area contributed by atoms with Crippen molar-refractivity contribution in [2.75, 3.05) is 5.32 Å². The molecule has 2 aromatic rings. The summed E-state index contributed by atoms with van der Waals surface area (Å²) in [4.78, 5) is 53.5. The molecule has 8 heteroatoms. The van der Waals surface area contributed by atoms with Crippen molar-refractivity contribution in [3.63, 3.8) is 0 Å². The molecule has 1 N–H and O–H groups in total. The summed E-state index contributed by atoms with van der Waals surface area (Å²) in [7, 11) is 0. The monoisotopic (exact) mass is 382 g/mol. The lowest BCUT2D eigenvalue weighted by molar-refractivity contribution is -0.0584. The van der Waals surface area contributed by atoms with Gasteiger partial charge >= 0.3 is 12.1 Å². The van der Waals surface area contributed by atoms with Gasteiger partial charge in [-0.2, -0.15) is 0 Å². The highest BCUT2D eigenvalue weighted by Gasteiger charge is 2.38. The van der Waals surface area contributed by atoms with Crippen molar-refractivity contribution in [2.24, 2.45) is 0 Å². The maximum atomic E-state index is 12.3. The summed E-state index contributed by atoms with van der Waals surface area (Å²) in [5.41, 5.74) is 0.229. The molecule has 1 aliphatic rings. The summed E-state index contributed by atoms with van der Waals surface area (Å²) < 4.78 is 5.14. The molecule has 0 spiro atoms. The molecule has 0 aromatic heterocycles. The molecule has 0 radical (unpaired) electrons. The van der Waals surface area contributed by atoms with Gasteiger partial charge < -0.3 is 9.57 Å². The zero-order chi connectivity index (χ0) is 20.5. The van der Waals surface area contributed by atoms with Crippen LogP contribution >= 0.6 is 0 Å². The zero-order valence-corrected chi connectivity index (χ0v) is 15.5. The number of nitrogens with one attached hydrogen (secondary N) is 1. The lowest BCUT2D eigenvalue weighted by atomic mass is 10.1. The first kappa shape index (κ1) is 19.1. The van der Waals surface area contributed by atoms with Crippen molar-refractivity contribution in [1.29, 1.82) is 0 Å². The zero-order valence-electron chi connectivity index (χ0n) is 15.5. The summed E-state index contributed by atoms with van der Waals surface area (Å²) in [5, 5.41) is 2.98. The number of amides is 3. The summed E-state index contributed by atoms with van der Waals surface area (Å²) in [6.07, 6.45) is -0.631. The Kier molecular flexibility index (Phi) is 4.87. The predicted molar refractivity (Wildman–Crippen MR) is 98.7 cm³/mol. The third-order valence-corrected chi connectivity index (χ3v) is 3.70. The molecule has 144 valence electrons. The first-order chi connectivity index (χ1) is 13.2. The Labute approximate surface area is 161 Å². The molecule has 0 bridgehead atoms. The van der Waals surface area contributed by atoms with Crippen LogP contribution in [0.1, 0.15) is 51.8 Å². The molecule has 28 heavy (non-hydrogen) atoms. The molecule has 0 unspecified atom stereocenters. The maximum Gasteiger partial charge on any atom is 0.412 e. The minimum atomic E-state index is -0.877. The van der Waals surface area contributed by atoms with Crippen LogP contribution in [0, 0.1) is 0 Å². The fraction of sp³-hybridized carbons (Fsp3) is 0.200. The first-order valence-electron chi connectivity index (χ1n) is 8.46. The van der Waals surface area contributed by atoms with Crippen LogP contribution in [-0.4, -0.2) is 34.5 Å². The molecule has 0 aliphatic carbocycles. The van der Waals surface area contributed by atoms with Gasteiger partial charge in [0, 0.05) is 5.69 Å². The Morgan fingerprint density at radius 2 is 1.43 bits per heavy atom. The predicted octanol–water partition coefficient (Wildman–Crippen LogP) is 3.40. The van der Waals surface area contributed by atoms with E-state index in [1.165, 1.54) is 36.4 Å². The van der Waals surface area contributed by atoms with Crippen LogP contribution in [0.3, 0.4) is 0 Å². The van der Waals surface area contributed by atoms with Crippen LogP contribution in [0.25, 0.3) is 0 Å². The van der Waals surface area contributed by atoms with E-state index in [2.05, 4.69) is 5.32 Å². The lowest BCUT2D eigenvalue weighted by Crippen LogP contribution is -2.32. The lowest BCUT2D eigenvalue weighted by Gasteiger charge is -2.19. The SMILES string of the molecule is CC(C)(C)OC(=O)Nc1ccc(C(=O)ON2C(=O)c3ccccc3C2=O)cc1. The third kappa shape index (κ3) is 4.01. The second-order valence-electron chi connectivity index (χ2n) is 7.03. The molecular formula is C20H18N2O6. The van der Waals surface area contributed by atoms with E-state index in [4.69, 9.17) is 9.57 Å². The van der Waals surface area contributed by atoms with Crippen molar-refractivity contribution < 1.29 is 28.8 Å². The van der Waals surface area contributed by atoms with Crippen molar-refractivity contribution in [2.45, 2.75) is 26.4 Å². The van der Waals surface area contributed by atoms with Gasteiger partial charge in [0.1, 0.15) is 5.60 Å². The number of hydrogen-bond acceptors (Lipinski definition) is 6. The fourth-order valence-electron chi connectivity index (χ4n) is 2.50. The van der Waals surface area contributed by atoms with E-state index in [1.54, 1.807) is 32.9 Å². The molecule has 0 saturated heterocycles. The van der Waals surface area contributed by atoms with E-state index >= 15 is 0 Å². The molecule has 1 aliphatic heterocycles. The topological polar surface area (TPSA) is 102 Å². The minimum absolute atomic E-state index is 0.103. The Hall–Kier alpha value is -3.68. The number of nitrogens with zero attached hydrogens (tertiary/aromatic N) is 1. The fourth-order valence-corrected chi connectivity index (χ4v) is 2.50. The summed E-state index contributed by atoms with van der Waals surface area (Å²) in [6.45, 7) is 5.22. The van der Waals surface area contributed by atoms with Crippen molar-refractivity contribution in [3.8, 4) is 0 Å². The molecule has 2 aromatic carbocycles. The average Bonchev–Trinajstić information content (AvgIpc) is 2.86. The van der Waals surface area contributed by atoms with Gasteiger partial charge in [0.25, 0.3) is 11.8 Å². The van der Waals surface area contributed by atoms with Crippen molar-refractivity contribution in [1.82, 2.24) is 5.06 Å². The van der Waals surface area contributed by atoms with Crippen molar-refractivity contribution in [3.05, 3.63) is 65.2 Å². The summed E-state index contributed by atoms with van der Waals surface area (Å²) in [6, 6.07) is 11.9. The third-order valence-electron chi connectivity index (χ3n) is 3.70. The largest absolute Gasteiger partial charge is 0.444 e. The number of ether oxygens (including phenoxy) is 1. The standard InChI is InChI=1S/C20H18N2O6/c1-20(2,3)27-19(26)21-13-10-8-12(9-11-13)18(25)28-22-16(23)14-6-4-5-7-15(14)17(22)24/h4-11H,1-3H3,(H,21,26). The van der Waals surface area contributed by atoms with Gasteiger partial charge in [-0.25, -0.2) is 9.59 Å². The van der Waals surface area contributed by atoms with Gasteiger partial charge in [0.05, 0.1) is 16.7 Å². The number of anilines is 1. The molecule has 1 heterocycles. The maximum absolute atomic E-state index is 12.3. The van der Waals surface area contributed by atoms with Gasteiger partial charge in [-0.15, -0.1) is 0 Å². The van der Waals surface area contributed by atoms with Crippen LogP contribution in [0.2, 0.25) is 0 Å². The number of carbonyl (C=O) groups is 4. The van der Waals surface area contributed by atoms with E-state index < -0.39 is 29.5 Å². The highest BCUT2D eigenvalue weighted by molar-refractivity contribution is 6.21. The van der Waals surface area contributed by atoms with E-state index in [0.29, 0.717) is 10.8 Å². The molecule has 0 saturated carbocycles. The Morgan fingerprint density at radius 3 is 1.93 bits per heavy atom. The molecule has 0 fully saturated rings. The number of benzene rings is 2. The van der Waals surface area contributed by atoms with Crippen LogP contribution in [0.5, 0.6) is 0 Å². The van der Waals surface area contributed by atoms with Gasteiger partial charge in [0.15, 0.2) is 0 Å². The smallest absolute Gasteiger partial charge is 0.412 e. The van der Waals surface area contributed by atoms with E-state index in [-0.39, 0.29) is 16.7 Å². The molecule has 0 atom stereocenters. The Bertz CT molecular complexity index is 924. The highest BCUT2D eigenvalue weighted by Crippen LogP contribution is 2.23. The van der Waals surface area contributed by atoms with Gasteiger partial charge in [0.2, 0.25) is 0 Å². The van der Waals surface area contributed by atoms with E-state index in [0.717, 1.165) is 0 Å². The van der Waals surface area contributed by atoms with Crippen LogP contribution in [0.4, 0.5) is 10.5 Å². The number of hydroxylamine groups is 2. The molecule has 8 nitrogen and oxygen atoms in total. The summed E-state index contributed by atoms with van der Waals surface area (Å²) in [5.74, 6) is -2.27. The van der Waals surface area contributed by atoms with Gasteiger partial charge in [-0.1, -0.05) is 17.2 Å². The van der Waals surface area contributed by atoms with Gasteiger partial charge in [-0.05, 0) is 57.2 Å². The average molecular weight is 382 g/mol. The second kappa shape index (κ2) is 7.15. The van der Waals surface area contributed by atoms with Gasteiger partial charge in [-0.3, -0.25) is 14.9 Å².